The van der Waals surface area contributed by atoms with Gasteiger partial charge in [-0.15, -0.1) is 0 Å². The van der Waals surface area contributed by atoms with Crippen LogP contribution in [0.15, 0.2) is 45.3 Å². The monoisotopic (exact) mass is 415 g/mol. The predicted octanol–water partition coefficient (Wildman–Crippen LogP) is 5.92. The van der Waals surface area contributed by atoms with Gasteiger partial charge in [0.2, 0.25) is 0 Å². The van der Waals surface area contributed by atoms with Gasteiger partial charge in [0.15, 0.2) is 0 Å². The van der Waals surface area contributed by atoms with Crippen LogP contribution in [-0.2, 0) is 0 Å². The van der Waals surface area contributed by atoms with E-state index in [9.17, 15) is 4.39 Å². The van der Waals surface area contributed by atoms with Crippen LogP contribution < -0.4 is 10.1 Å². The van der Waals surface area contributed by atoms with Crippen LogP contribution in [0, 0.1) is 5.82 Å². The second-order valence-electron chi connectivity index (χ2n) is 4.62. The lowest BCUT2D eigenvalue weighted by Crippen LogP contribution is -2.10. The van der Waals surface area contributed by atoms with Crippen LogP contribution in [0.1, 0.15) is 24.9 Å². The molecule has 21 heavy (non-hydrogen) atoms. The van der Waals surface area contributed by atoms with Crippen molar-refractivity contribution in [1.82, 2.24) is 0 Å². The molecule has 0 bridgehead atoms. The first-order valence-electron chi connectivity index (χ1n) is 6.60. The maximum absolute atomic E-state index is 13.0. The number of methoxy groups -OCH3 is 1. The Morgan fingerprint density at radius 1 is 1.14 bits per heavy atom. The molecule has 0 aliphatic rings. The van der Waals surface area contributed by atoms with Gasteiger partial charge in [0, 0.05) is 10.5 Å². The molecule has 0 amide bonds. The normalized spacial score (nSPS) is 12.0. The molecule has 0 fully saturated rings. The van der Waals surface area contributed by atoms with Crippen molar-refractivity contribution in [3.63, 3.8) is 0 Å². The number of hydrogen-bond acceptors (Lipinski definition) is 2. The number of nitrogens with one attached hydrogen (secondary N) is 1. The van der Waals surface area contributed by atoms with Gasteiger partial charge in [-0.1, -0.05) is 19.1 Å². The molecule has 5 heteroatoms. The lowest BCUT2D eigenvalue weighted by Gasteiger charge is -2.20. The highest BCUT2D eigenvalue weighted by molar-refractivity contribution is 9.11. The summed E-state index contributed by atoms with van der Waals surface area (Å²) in [5.41, 5.74) is 1.99. The molecule has 0 aromatic heterocycles. The Labute approximate surface area is 141 Å². The Hall–Kier alpha value is -1.07. The van der Waals surface area contributed by atoms with E-state index in [1.807, 2.05) is 12.1 Å². The predicted molar refractivity (Wildman–Crippen MR) is 91.4 cm³/mol. The first kappa shape index (κ1) is 16.3. The molecule has 1 atom stereocenters. The Kier molecular flexibility index (Phi) is 5.65. The van der Waals surface area contributed by atoms with E-state index in [0.29, 0.717) is 0 Å². The molecule has 1 unspecified atom stereocenters. The molecular weight excluding hydrogens is 401 g/mol. The van der Waals surface area contributed by atoms with E-state index in [-0.39, 0.29) is 11.9 Å². The molecule has 2 aromatic rings. The van der Waals surface area contributed by atoms with Gasteiger partial charge in [-0.3, -0.25) is 0 Å². The minimum absolute atomic E-state index is 0.104. The Morgan fingerprint density at radius 2 is 1.81 bits per heavy atom. The summed E-state index contributed by atoms with van der Waals surface area (Å²) in [6.45, 7) is 2.09. The number of rotatable bonds is 5. The third kappa shape index (κ3) is 3.98. The van der Waals surface area contributed by atoms with Gasteiger partial charge in [0.1, 0.15) is 11.6 Å². The minimum atomic E-state index is -0.222. The number of halogens is 3. The molecule has 0 spiro atoms. The smallest absolute Gasteiger partial charge is 0.135 e. The zero-order valence-electron chi connectivity index (χ0n) is 11.8. The van der Waals surface area contributed by atoms with Gasteiger partial charge in [0.05, 0.1) is 23.3 Å². The van der Waals surface area contributed by atoms with Crippen molar-refractivity contribution in [3.8, 4) is 5.75 Å². The molecule has 0 saturated carbocycles. The molecule has 2 nitrogen and oxygen atoms in total. The average Bonchev–Trinajstić information content (AvgIpc) is 2.48. The Balaban J connectivity index is 2.28. The van der Waals surface area contributed by atoms with Crippen LogP contribution in [0.3, 0.4) is 0 Å². The second-order valence-corrected chi connectivity index (χ2v) is 6.33. The molecule has 0 heterocycles. The van der Waals surface area contributed by atoms with E-state index < -0.39 is 0 Å². The summed E-state index contributed by atoms with van der Waals surface area (Å²) >= 11 is 7.00. The highest BCUT2D eigenvalue weighted by Gasteiger charge is 2.13. The molecule has 2 aromatic carbocycles. The van der Waals surface area contributed by atoms with Crippen molar-refractivity contribution in [2.24, 2.45) is 0 Å². The summed E-state index contributed by atoms with van der Waals surface area (Å²) in [7, 11) is 1.63. The maximum Gasteiger partial charge on any atom is 0.135 e. The molecule has 0 saturated heterocycles. The highest BCUT2D eigenvalue weighted by atomic mass is 79.9. The van der Waals surface area contributed by atoms with Gasteiger partial charge in [0.25, 0.3) is 0 Å². The number of hydrogen-bond donors (Lipinski definition) is 1. The van der Waals surface area contributed by atoms with Gasteiger partial charge >= 0.3 is 0 Å². The fourth-order valence-corrected chi connectivity index (χ4v) is 3.37. The lowest BCUT2D eigenvalue weighted by molar-refractivity contribution is 0.412. The summed E-state index contributed by atoms with van der Waals surface area (Å²) in [6.07, 6.45) is 0.885. The molecular formula is C16H16Br2FNO. The van der Waals surface area contributed by atoms with Crippen molar-refractivity contribution < 1.29 is 9.13 Å². The largest absolute Gasteiger partial charge is 0.495 e. The number of ether oxygens (including phenoxy) is 1. The van der Waals surface area contributed by atoms with Gasteiger partial charge in [-0.25, -0.2) is 4.39 Å². The molecule has 0 aliphatic carbocycles. The van der Waals surface area contributed by atoms with Crippen molar-refractivity contribution >= 4 is 37.5 Å². The van der Waals surface area contributed by atoms with Crippen LogP contribution in [0.25, 0.3) is 0 Å². The summed E-state index contributed by atoms with van der Waals surface area (Å²) < 4.78 is 20.2. The van der Waals surface area contributed by atoms with E-state index in [4.69, 9.17) is 4.74 Å². The van der Waals surface area contributed by atoms with Crippen LogP contribution in [0.2, 0.25) is 0 Å². The third-order valence-electron chi connectivity index (χ3n) is 3.25. The highest BCUT2D eigenvalue weighted by Crippen LogP contribution is 2.36. The fraction of sp³-hybridized carbons (Fsp3) is 0.250. The van der Waals surface area contributed by atoms with E-state index in [1.54, 1.807) is 19.2 Å². The first-order valence-corrected chi connectivity index (χ1v) is 8.18. The first-order chi connectivity index (χ1) is 10.0. The van der Waals surface area contributed by atoms with Crippen LogP contribution in [0.5, 0.6) is 5.75 Å². The molecule has 1 N–H and O–H groups in total. The number of anilines is 1. The summed E-state index contributed by atoms with van der Waals surface area (Å²) in [5, 5.41) is 3.46. The lowest BCUT2D eigenvalue weighted by atomic mass is 10.0. The Bertz CT molecular complexity index is 616. The summed E-state index contributed by atoms with van der Waals surface area (Å²) in [4.78, 5) is 0. The van der Waals surface area contributed by atoms with E-state index >= 15 is 0 Å². The molecule has 2 rings (SSSR count). The van der Waals surface area contributed by atoms with Crippen molar-refractivity contribution in [1.29, 1.82) is 0 Å². The fourth-order valence-electron chi connectivity index (χ4n) is 2.10. The van der Waals surface area contributed by atoms with E-state index in [0.717, 1.165) is 32.4 Å². The van der Waals surface area contributed by atoms with E-state index in [2.05, 4.69) is 44.1 Å². The van der Waals surface area contributed by atoms with Crippen molar-refractivity contribution in [2.75, 3.05) is 12.4 Å². The van der Waals surface area contributed by atoms with Crippen LogP contribution in [-0.4, -0.2) is 7.11 Å². The van der Waals surface area contributed by atoms with Crippen molar-refractivity contribution in [2.45, 2.75) is 19.4 Å². The molecule has 0 aliphatic heterocycles. The molecule has 112 valence electrons. The van der Waals surface area contributed by atoms with Gasteiger partial charge in [-0.2, -0.15) is 0 Å². The second kappa shape index (κ2) is 7.27. The van der Waals surface area contributed by atoms with Gasteiger partial charge < -0.3 is 10.1 Å². The van der Waals surface area contributed by atoms with Crippen molar-refractivity contribution in [3.05, 3.63) is 56.7 Å². The van der Waals surface area contributed by atoms with Crippen LogP contribution in [0.4, 0.5) is 10.1 Å². The summed E-state index contributed by atoms with van der Waals surface area (Å²) in [5.74, 6) is 0.537. The standard InChI is InChI=1S/C16H16Br2FNO/c1-3-14(10-4-6-11(19)7-5-10)20-15-9-16(21-2)13(18)8-12(15)17/h4-9,14,20H,3H2,1-2H3. The molecule has 0 radical (unpaired) electrons. The van der Waals surface area contributed by atoms with Gasteiger partial charge in [-0.05, 0) is 62.0 Å². The Morgan fingerprint density at radius 3 is 2.38 bits per heavy atom. The average molecular weight is 417 g/mol. The third-order valence-corrected chi connectivity index (χ3v) is 4.53. The maximum atomic E-state index is 13.0. The van der Waals surface area contributed by atoms with Crippen LogP contribution >= 0.6 is 31.9 Å². The quantitative estimate of drug-likeness (QED) is 0.652. The zero-order valence-corrected chi connectivity index (χ0v) is 15.0. The summed E-state index contributed by atoms with van der Waals surface area (Å²) in [6, 6.07) is 10.6. The minimum Gasteiger partial charge on any atom is -0.495 e. The topological polar surface area (TPSA) is 21.3 Å². The SMILES string of the molecule is CCC(Nc1cc(OC)c(Br)cc1Br)c1ccc(F)cc1. The van der Waals surface area contributed by atoms with E-state index in [1.165, 1.54) is 12.1 Å². The number of benzene rings is 2. The zero-order chi connectivity index (χ0) is 15.4.